The number of aryl methyl sites for hydroxylation is 3. The van der Waals surface area contributed by atoms with E-state index in [1.165, 1.54) is 22.3 Å². The molecule has 0 aliphatic carbocycles. The molecule has 3 unspecified atom stereocenters. The largest absolute Gasteiger partial charge is 0.524 e. The highest BCUT2D eigenvalue weighted by Gasteiger charge is 2.51. The number of nitrogens with one attached hydrogen (secondary N) is 1. The molecule has 6 rings (SSSR count). The molecule has 1 aromatic carbocycles. The van der Waals surface area contributed by atoms with Crippen molar-refractivity contribution in [1.82, 2.24) is 14.9 Å². The van der Waals surface area contributed by atoms with Crippen LogP contribution in [0.1, 0.15) is 100.0 Å². The van der Waals surface area contributed by atoms with Crippen molar-refractivity contribution < 1.29 is 18.8 Å². The summed E-state index contributed by atoms with van der Waals surface area (Å²) in [7, 11) is 0. The van der Waals surface area contributed by atoms with Gasteiger partial charge in [-0.05, 0) is 119 Å². The van der Waals surface area contributed by atoms with E-state index < -0.39 is 5.41 Å². The Morgan fingerprint density at radius 1 is 1.08 bits per heavy atom. The van der Waals surface area contributed by atoms with Crippen LogP contribution in [0.4, 0.5) is 4.79 Å². The van der Waals surface area contributed by atoms with E-state index in [9.17, 15) is 9.59 Å². The molecule has 0 spiro atoms. The fraction of sp³-hybridized carbons (Fsp3) is 0.561. The number of fused-ring (bicyclic) bond motifs is 2. The average molecular weight is 682 g/mol. The van der Waals surface area contributed by atoms with Crippen molar-refractivity contribution in [2.45, 2.75) is 105 Å². The zero-order valence-corrected chi connectivity index (χ0v) is 31.2. The fourth-order valence-electron chi connectivity index (χ4n) is 8.83. The molecule has 3 N–H and O–H groups in total. The van der Waals surface area contributed by atoms with E-state index in [4.69, 9.17) is 15.5 Å². The molecule has 0 radical (unpaired) electrons. The molecule has 2 aromatic heterocycles. The lowest BCUT2D eigenvalue weighted by molar-refractivity contribution is -0.755. The van der Waals surface area contributed by atoms with Crippen LogP contribution in [0.2, 0.25) is 0 Å². The minimum absolute atomic E-state index is 0.000914. The summed E-state index contributed by atoms with van der Waals surface area (Å²) in [5, 5.41) is 0. The second kappa shape index (κ2) is 14.4. The van der Waals surface area contributed by atoms with Crippen molar-refractivity contribution in [3.05, 3.63) is 76.7 Å². The Morgan fingerprint density at radius 3 is 2.38 bits per heavy atom. The monoisotopic (exact) mass is 681 g/mol. The summed E-state index contributed by atoms with van der Waals surface area (Å²) in [5.41, 5.74) is 14.6. The quantitative estimate of drug-likeness (QED) is 0.125. The number of benzene rings is 1. The second-order valence-corrected chi connectivity index (χ2v) is 16.2. The SMILES string of the molecule is Cc1cc(C)cc(-c2[nH]cc(CCC(C)(C)C(=O)C3C4CCN3CC4)c2[C@H](C)CN=C(N)[N+]2(C(=O)OC(C)C)CCC(c3ccncc3)C2)c1. The molecule has 2 bridgehead atoms. The van der Waals surface area contributed by atoms with Crippen LogP contribution in [0, 0.1) is 25.2 Å². The standard InChI is InChI=1S/C41H57N6O3/c1-26(2)50-40(49)47(19-13-33(25-47)30-9-15-43-16-10-30)39(42)45-23-29(5)35-32(24-44-36(35)34-21-27(3)20-28(4)22-34)8-14-41(6,7)38(48)37-31-11-17-46(37)18-12-31/h9-10,15-16,20-22,24,26,29,31,33,37,44H,8,11-14,17-19,23,25H2,1-7H3,(H2,42,45)/q+1/t29-,33?,37?,47?/m1/s1. The first-order chi connectivity index (χ1) is 23.8. The van der Waals surface area contributed by atoms with Gasteiger partial charge in [0, 0.05) is 48.0 Å². The van der Waals surface area contributed by atoms with Gasteiger partial charge in [-0.3, -0.25) is 14.7 Å². The van der Waals surface area contributed by atoms with Gasteiger partial charge in [0.1, 0.15) is 12.6 Å². The first-order valence-electron chi connectivity index (χ1n) is 18.6. The van der Waals surface area contributed by atoms with Crippen molar-refractivity contribution in [3.8, 4) is 11.3 Å². The van der Waals surface area contributed by atoms with Gasteiger partial charge in [-0.15, -0.1) is 0 Å². The highest BCUT2D eigenvalue weighted by molar-refractivity contribution is 5.90. The molecule has 1 amide bonds. The van der Waals surface area contributed by atoms with Gasteiger partial charge >= 0.3 is 12.1 Å². The highest BCUT2D eigenvalue weighted by Crippen LogP contribution is 2.41. The summed E-state index contributed by atoms with van der Waals surface area (Å²) in [6.07, 6.45) is 9.76. The number of carbonyl (C=O) groups excluding carboxylic acids is 2. The molecule has 3 fully saturated rings. The minimum Gasteiger partial charge on any atom is -0.417 e. The van der Waals surface area contributed by atoms with E-state index in [0.29, 0.717) is 37.3 Å². The lowest BCUT2D eigenvalue weighted by Gasteiger charge is -2.30. The maximum atomic E-state index is 13.9. The molecule has 3 aliphatic rings. The Kier molecular flexibility index (Phi) is 10.4. The smallest absolute Gasteiger partial charge is 0.417 e. The number of nitrogens with zero attached hydrogens (tertiary/aromatic N) is 4. The number of aromatic nitrogens is 2. The summed E-state index contributed by atoms with van der Waals surface area (Å²) in [6.45, 7) is 18.0. The van der Waals surface area contributed by atoms with E-state index in [1.54, 1.807) is 12.4 Å². The summed E-state index contributed by atoms with van der Waals surface area (Å²) in [4.78, 5) is 42.9. The van der Waals surface area contributed by atoms with E-state index in [-0.39, 0.29) is 34.6 Å². The number of carbonyl (C=O) groups is 2. The van der Waals surface area contributed by atoms with Gasteiger partial charge in [-0.1, -0.05) is 38.0 Å². The van der Waals surface area contributed by atoms with Crippen LogP contribution in [0.25, 0.3) is 11.3 Å². The summed E-state index contributed by atoms with van der Waals surface area (Å²) in [5.74, 6) is 1.37. The number of guanidine groups is 1. The van der Waals surface area contributed by atoms with Crippen molar-refractivity contribution in [3.63, 3.8) is 0 Å². The van der Waals surface area contributed by atoms with Gasteiger partial charge in [0.25, 0.3) is 0 Å². The second-order valence-electron chi connectivity index (χ2n) is 16.2. The first-order valence-corrected chi connectivity index (χ1v) is 18.6. The van der Waals surface area contributed by atoms with Gasteiger partial charge < -0.3 is 15.5 Å². The molecular formula is C41H57N6O3+. The van der Waals surface area contributed by atoms with Gasteiger partial charge in [0.05, 0.1) is 19.1 Å². The number of ketones is 1. The number of aliphatic imine (C=N–C) groups is 1. The van der Waals surface area contributed by atoms with E-state index in [1.807, 2.05) is 26.0 Å². The number of H-pyrrole nitrogens is 1. The maximum Gasteiger partial charge on any atom is 0.524 e. The van der Waals surface area contributed by atoms with Crippen LogP contribution in [0.5, 0.6) is 0 Å². The number of Topliss-reactive ketones (excluding diaryl/α,β-unsaturated/α-hetero) is 1. The number of aromatic amines is 1. The Bertz CT molecular complexity index is 1690. The number of ether oxygens (including phenoxy) is 1. The molecule has 9 heteroatoms. The Hall–Kier alpha value is -3.82. The number of amides is 1. The summed E-state index contributed by atoms with van der Waals surface area (Å²) < 4.78 is 5.70. The Labute approximate surface area is 298 Å². The molecule has 50 heavy (non-hydrogen) atoms. The third kappa shape index (κ3) is 7.17. The van der Waals surface area contributed by atoms with Crippen LogP contribution >= 0.6 is 0 Å². The predicted octanol–water partition coefficient (Wildman–Crippen LogP) is 7.28. The summed E-state index contributed by atoms with van der Waals surface area (Å²) in [6, 6.07) is 10.7. The van der Waals surface area contributed by atoms with Gasteiger partial charge in [0.15, 0.2) is 5.78 Å². The average Bonchev–Trinajstić information content (AvgIpc) is 3.89. The molecule has 3 saturated heterocycles. The van der Waals surface area contributed by atoms with Gasteiger partial charge in [-0.25, -0.2) is 4.99 Å². The third-order valence-electron chi connectivity index (χ3n) is 11.6. The van der Waals surface area contributed by atoms with Crippen molar-refractivity contribution >= 4 is 17.8 Å². The topological polar surface area (TPSA) is 114 Å². The van der Waals surface area contributed by atoms with Crippen LogP contribution in [-0.2, 0) is 16.0 Å². The van der Waals surface area contributed by atoms with Gasteiger partial charge in [-0.2, -0.15) is 9.28 Å². The van der Waals surface area contributed by atoms with Crippen LogP contribution in [-0.4, -0.2) is 82.1 Å². The molecule has 268 valence electrons. The molecule has 9 nitrogen and oxygen atoms in total. The number of hydrogen-bond acceptors (Lipinski definition) is 6. The zero-order valence-electron chi connectivity index (χ0n) is 31.2. The van der Waals surface area contributed by atoms with Crippen LogP contribution < -0.4 is 5.73 Å². The number of nitrogens with two attached hydrogens (primary N) is 1. The van der Waals surface area contributed by atoms with Crippen LogP contribution in [0.3, 0.4) is 0 Å². The van der Waals surface area contributed by atoms with E-state index in [2.05, 4.69) is 73.9 Å². The predicted molar refractivity (Wildman–Crippen MR) is 199 cm³/mol. The van der Waals surface area contributed by atoms with Crippen molar-refractivity contribution in [1.29, 1.82) is 0 Å². The van der Waals surface area contributed by atoms with Gasteiger partial charge in [0.2, 0.25) is 0 Å². The molecule has 3 aromatic rings. The van der Waals surface area contributed by atoms with Crippen molar-refractivity contribution in [2.24, 2.45) is 22.1 Å². The highest BCUT2D eigenvalue weighted by atomic mass is 16.6. The van der Waals surface area contributed by atoms with E-state index >= 15 is 0 Å². The molecule has 0 saturated carbocycles. The summed E-state index contributed by atoms with van der Waals surface area (Å²) >= 11 is 0. The Balaban J connectivity index is 1.28. The molecule has 4 atom stereocenters. The molecule has 5 heterocycles. The molecular weight excluding hydrogens is 624 g/mol. The Morgan fingerprint density at radius 2 is 1.76 bits per heavy atom. The number of hydrogen-bond donors (Lipinski definition) is 2. The lowest BCUT2D eigenvalue weighted by atomic mass is 9.76. The molecule has 3 aliphatic heterocycles. The number of rotatable bonds is 11. The zero-order chi connectivity index (χ0) is 35.8. The first kappa shape index (κ1) is 36.0. The van der Waals surface area contributed by atoms with Crippen LogP contribution in [0.15, 0.2) is 53.9 Å². The number of quaternary nitrogens is 1. The number of likely N-dealkylation sites (tertiary alicyclic amines) is 1. The lowest BCUT2D eigenvalue weighted by Crippen LogP contribution is -2.59. The minimum atomic E-state index is -0.426. The number of pyridine rings is 1. The fourth-order valence-corrected chi connectivity index (χ4v) is 8.83. The van der Waals surface area contributed by atoms with E-state index in [0.717, 1.165) is 62.0 Å². The third-order valence-corrected chi connectivity index (χ3v) is 11.6. The maximum absolute atomic E-state index is 13.9. The normalized spacial score (nSPS) is 25.7. The number of piperidine rings is 1. The van der Waals surface area contributed by atoms with Crippen molar-refractivity contribution in [2.75, 3.05) is 32.7 Å².